The minimum absolute atomic E-state index is 0.114. The molecule has 19 heavy (non-hydrogen) atoms. The summed E-state index contributed by atoms with van der Waals surface area (Å²) in [6, 6.07) is 14.9. The van der Waals surface area contributed by atoms with Gasteiger partial charge in [-0.15, -0.1) is 0 Å². The molecule has 0 amide bonds. The smallest absolute Gasteiger partial charge is 0.163 e. The van der Waals surface area contributed by atoms with E-state index in [-0.39, 0.29) is 5.78 Å². The molecule has 2 N–H and O–H groups in total. The summed E-state index contributed by atoms with van der Waals surface area (Å²) < 4.78 is 5.10. The van der Waals surface area contributed by atoms with Crippen molar-refractivity contribution in [3.63, 3.8) is 0 Å². The van der Waals surface area contributed by atoms with Crippen LogP contribution in [-0.4, -0.2) is 12.9 Å². The number of nitrogen functional groups attached to an aromatic ring is 1. The van der Waals surface area contributed by atoms with Crippen LogP contribution >= 0.6 is 0 Å². The summed E-state index contributed by atoms with van der Waals surface area (Å²) in [7, 11) is 1.64. The largest absolute Gasteiger partial charge is 0.497 e. The van der Waals surface area contributed by atoms with Crippen LogP contribution in [-0.2, 0) is 6.42 Å². The van der Waals surface area contributed by atoms with E-state index in [4.69, 9.17) is 10.5 Å². The maximum Gasteiger partial charge on any atom is 0.163 e. The Labute approximate surface area is 113 Å². The molecule has 2 rings (SSSR count). The molecule has 0 unspecified atom stereocenters. The first kappa shape index (κ1) is 13.1. The number of aryl methyl sites for hydroxylation is 1. The van der Waals surface area contributed by atoms with Gasteiger partial charge in [-0.25, -0.2) is 0 Å². The number of rotatable bonds is 5. The van der Waals surface area contributed by atoms with Crippen molar-refractivity contribution < 1.29 is 9.53 Å². The zero-order chi connectivity index (χ0) is 13.7. The predicted octanol–water partition coefficient (Wildman–Crippen LogP) is 3.09. The SMILES string of the molecule is COc1ccc(CCC(=O)c2cccc(N)c2)cc1. The van der Waals surface area contributed by atoms with Crippen LogP contribution in [0.5, 0.6) is 5.75 Å². The van der Waals surface area contributed by atoms with Gasteiger partial charge in [0.1, 0.15) is 5.75 Å². The second kappa shape index (κ2) is 6.05. The molecule has 0 aromatic heterocycles. The summed E-state index contributed by atoms with van der Waals surface area (Å²) in [5, 5.41) is 0. The Kier molecular flexibility index (Phi) is 4.18. The molecule has 2 aromatic carbocycles. The van der Waals surface area contributed by atoms with Gasteiger partial charge in [0.05, 0.1) is 7.11 Å². The highest BCUT2D eigenvalue weighted by atomic mass is 16.5. The third-order valence-corrected chi connectivity index (χ3v) is 3.01. The Balaban J connectivity index is 1.96. The van der Waals surface area contributed by atoms with Gasteiger partial charge in [-0.2, -0.15) is 0 Å². The first-order chi connectivity index (χ1) is 9.19. The van der Waals surface area contributed by atoms with Gasteiger partial charge in [0.25, 0.3) is 0 Å². The monoisotopic (exact) mass is 255 g/mol. The molecule has 3 nitrogen and oxygen atoms in total. The van der Waals surface area contributed by atoms with Gasteiger partial charge in [-0.3, -0.25) is 4.79 Å². The lowest BCUT2D eigenvalue weighted by molar-refractivity contribution is 0.0983. The molecule has 0 heterocycles. The van der Waals surface area contributed by atoms with Crippen LogP contribution in [0.3, 0.4) is 0 Å². The highest BCUT2D eigenvalue weighted by Gasteiger charge is 2.06. The first-order valence-electron chi connectivity index (χ1n) is 6.21. The van der Waals surface area contributed by atoms with Gasteiger partial charge < -0.3 is 10.5 Å². The van der Waals surface area contributed by atoms with E-state index >= 15 is 0 Å². The number of Topliss-reactive ketones (excluding diaryl/α,β-unsaturated/α-hetero) is 1. The Bertz CT molecular complexity index is 561. The lowest BCUT2D eigenvalue weighted by atomic mass is 10.0. The third-order valence-electron chi connectivity index (χ3n) is 3.01. The topological polar surface area (TPSA) is 52.3 Å². The van der Waals surface area contributed by atoms with Crippen molar-refractivity contribution >= 4 is 11.5 Å². The van der Waals surface area contributed by atoms with Crippen molar-refractivity contribution in [1.29, 1.82) is 0 Å². The number of carbonyl (C=O) groups excluding carboxylic acids is 1. The number of hydrogen-bond acceptors (Lipinski definition) is 3. The Morgan fingerprint density at radius 2 is 1.89 bits per heavy atom. The van der Waals surface area contributed by atoms with Gasteiger partial charge in [-0.05, 0) is 36.2 Å². The van der Waals surface area contributed by atoms with E-state index < -0.39 is 0 Å². The molecular weight excluding hydrogens is 238 g/mol. The number of nitrogens with two attached hydrogens (primary N) is 1. The molecule has 98 valence electrons. The Morgan fingerprint density at radius 1 is 1.16 bits per heavy atom. The number of hydrogen-bond donors (Lipinski definition) is 1. The Morgan fingerprint density at radius 3 is 2.53 bits per heavy atom. The van der Waals surface area contributed by atoms with Crippen LogP contribution in [0, 0.1) is 0 Å². The fourth-order valence-corrected chi connectivity index (χ4v) is 1.91. The molecule has 0 saturated carbocycles. The van der Waals surface area contributed by atoms with Crippen LogP contribution in [0.25, 0.3) is 0 Å². The second-order valence-corrected chi connectivity index (χ2v) is 4.40. The number of carbonyl (C=O) groups is 1. The van der Waals surface area contributed by atoms with Gasteiger partial charge in [0.2, 0.25) is 0 Å². The minimum atomic E-state index is 0.114. The average Bonchev–Trinajstić information content (AvgIpc) is 2.45. The zero-order valence-electron chi connectivity index (χ0n) is 10.9. The summed E-state index contributed by atoms with van der Waals surface area (Å²) in [5.74, 6) is 0.939. The van der Waals surface area contributed by atoms with Gasteiger partial charge >= 0.3 is 0 Å². The fraction of sp³-hybridized carbons (Fsp3) is 0.188. The van der Waals surface area contributed by atoms with E-state index in [0.717, 1.165) is 17.7 Å². The van der Waals surface area contributed by atoms with E-state index in [0.29, 0.717) is 17.7 Å². The van der Waals surface area contributed by atoms with Crippen LogP contribution < -0.4 is 10.5 Å². The summed E-state index contributed by atoms with van der Waals surface area (Å²) >= 11 is 0. The van der Waals surface area contributed by atoms with Crippen LogP contribution in [0.4, 0.5) is 5.69 Å². The minimum Gasteiger partial charge on any atom is -0.497 e. The molecule has 0 bridgehead atoms. The van der Waals surface area contributed by atoms with E-state index in [1.807, 2.05) is 24.3 Å². The molecule has 0 atom stereocenters. The maximum atomic E-state index is 12.0. The van der Waals surface area contributed by atoms with Crippen molar-refractivity contribution in [2.24, 2.45) is 0 Å². The molecule has 0 fully saturated rings. The van der Waals surface area contributed by atoms with E-state index in [1.165, 1.54) is 0 Å². The normalized spacial score (nSPS) is 10.2. The average molecular weight is 255 g/mol. The predicted molar refractivity (Wildman–Crippen MR) is 76.5 cm³/mol. The highest BCUT2D eigenvalue weighted by molar-refractivity contribution is 5.96. The number of methoxy groups -OCH3 is 1. The van der Waals surface area contributed by atoms with Crippen molar-refractivity contribution in [1.82, 2.24) is 0 Å². The fourth-order valence-electron chi connectivity index (χ4n) is 1.91. The molecule has 0 spiro atoms. The molecule has 0 aliphatic rings. The van der Waals surface area contributed by atoms with Gasteiger partial charge in [-0.1, -0.05) is 24.3 Å². The quantitative estimate of drug-likeness (QED) is 0.659. The maximum absolute atomic E-state index is 12.0. The first-order valence-corrected chi connectivity index (χ1v) is 6.21. The summed E-state index contributed by atoms with van der Waals surface area (Å²) in [6.07, 6.45) is 1.20. The zero-order valence-corrected chi connectivity index (χ0v) is 10.9. The second-order valence-electron chi connectivity index (χ2n) is 4.40. The van der Waals surface area contributed by atoms with Crippen LogP contribution in [0.15, 0.2) is 48.5 Å². The van der Waals surface area contributed by atoms with Crippen LogP contribution in [0.2, 0.25) is 0 Å². The molecule has 2 aromatic rings. The van der Waals surface area contributed by atoms with Gasteiger partial charge in [0.15, 0.2) is 5.78 Å². The van der Waals surface area contributed by atoms with Crippen molar-refractivity contribution in [3.05, 3.63) is 59.7 Å². The number of ether oxygens (including phenoxy) is 1. The summed E-state index contributed by atoms with van der Waals surface area (Å²) in [6.45, 7) is 0. The lowest BCUT2D eigenvalue weighted by Crippen LogP contribution is -2.02. The van der Waals surface area contributed by atoms with E-state index in [1.54, 1.807) is 31.4 Å². The number of ketones is 1. The summed E-state index contributed by atoms with van der Waals surface area (Å²) in [5.41, 5.74) is 8.09. The van der Waals surface area contributed by atoms with Crippen LogP contribution in [0.1, 0.15) is 22.3 Å². The van der Waals surface area contributed by atoms with E-state index in [2.05, 4.69) is 0 Å². The van der Waals surface area contributed by atoms with Gasteiger partial charge in [0, 0.05) is 17.7 Å². The van der Waals surface area contributed by atoms with Crippen molar-refractivity contribution in [2.75, 3.05) is 12.8 Å². The van der Waals surface area contributed by atoms with E-state index in [9.17, 15) is 4.79 Å². The number of anilines is 1. The molecular formula is C16H17NO2. The molecule has 0 saturated heterocycles. The number of benzene rings is 2. The standard InChI is InChI=1S/C16H17NO2/c1-19-15-8-5-12(6-9-15)7-10-16(18)13-3-2-4-14(17)11-13/h2-6,8-9,11H,7,10,17H2,1H3. The van der Waals surface area contributed by atoms with Crippen molar-refractivity contribution in [3.8, 4) is 5.75 Å². The highest BCUT2D eigenvalue weighted by Crippen LogP contribution is 2.14. The molecule has 3 heteroatoms. The Hall–Kier alpha value is -2.29. The molecule has 0 radical (unpaired) electrons. The molecule has 0 aliphatic heterocycles. The lowest BCUT2D eigenvalue weighted by Gasteiger charge is -2.04. The third kappa shape index (κ3) is 3.58. The van der Waals surface area contributed by atoms with Crippen molar-refractivity contribution in [2.45, 2.75) is 12.8 Å². The summed E-state index contributed by atoms with van der Waals surface area (Å²) in [4.78, 5) is 12.0. The molecule has 0 aliphatic carbocycles.